The molecule has 0 aliphatic rings. The molecule has 0 saturated carbocycles. The molecule has 1 unspecified atom stereocenters. The highest BCUT2D eigenvalue weighted by molar-refractivity contribution is 9.10. The van der Waals surface area contributed by atoms with Crippen LogP contribution in [-0.2, 0) is 6.54 Å². The fourth-order valence-electron chi connectivity index (χ4n) is 2.30. The van der Waals surface area contributed by atoms with E-state index in [0.717, 1.165) is 6.42 Å². The molecule has 2 aromatic rings. The molecule has 0 spiro atoms. The summed E-state index contributed by atoms with van der Waals surface area (Å²) in [6.07, 6.45) is 2.33. The fourth-order valence-corrected chi connectivity index (χ4v) is 2.95. The second-order valence-electron chi connectivity index (χ2n) is 4.61. The molecule has 0 aliphatic heterocycles. The zero-order valence-electron chi connectivity index (χ0n) is 11.6. The highest BCUT2D eigenvalue weighted by Gasteiger charge is 2.26. The summed E-state index contributed by atoms with van der Waals surface area (Å²) in [5.74, 6) is -1.27. The first-order valence-electron chi connectivity index (χ1n) is 6.52. The number of benzene rings is 1. The molecule has 1 aromatic heterocycles. The Bertz CT molecular complexity index is 622. The molecule has 0 bridgehead atoms. The van der Waals surface area contributed by atoms with E-state index >= 15 is 0 Å². The van der Waals surface area contributed by atoms with Crippen LogP contribution in [0.2, 0.25) is 5.02 Å². The first kappa shape index (κ1) is 16.4. The summed E-state index contributed by atoms with van der Waals surface area (Å²) < 4.78 is 30.4. The van der Waals surface area contributed by atoms with Crippen LogP contribution in [0.1, 0.15) is 30.6 Å². The second-order valence-corrected chi connectivity index (χ2v) is 5.93. The molecule has 1 aromatic carbocycles. The van der Waals surface area contributed by atoms with Crippen molar-refractivity contribution in [1.82, 2.24) is 15.1 Å². The zero-order chi connectivity index (χ0) is 15.6. The van der Waals surface area contributed by atoms with Gasteiger partial charge in [-0.15, -0.1) is 0 Å². The first-order valence-corrected chi connectivity index (χ1v) is 7.69. The Morgan fingerprint density at radius 3 is 2.52 bits per heavy atom. The number of nitrogens with one attached hydrogen (secondary N) is 1. The minimum Gasteiger partial charge on any atom is -0.308 e. The van der Waals surface area contributed by atoms with E-state index in [4.69, 9.17) is 11.6 Å². The van der Waals surface area contributed by atoms with Crippen LogP contribution in [0.25, 0.3) is 0 Å². The molecular formula is C14H15BrClF2N3. The van der Waals surface area contributed by atoms with Crippen molar-refractivity contribution in [1.29, 1.82) is 0 Å². The van der Waals surface area contributed by atoms with Gasteiger partial charge >= 0.3 is 0 Å². The summed E-state index contributed by atoms with van der Waals surface area (Å²) in [5.41, 5.74) is 0.488. The Morgan fingerprint density at radius 1 is 1.38 bits per heavy atom. The van der Waals surface area contributed by atoms with Gasteiger partial charge in [0.1, 0.15) is 11.6 Å². The largest absolute Gasteiger partial charge is 0.308 e. The molecule has 0 amide bonds. The Hall–Kier alpha value is -0.980. The number of rotatable bonds is 5. The Labute approximate surface area is 135 Å². The summed E-state index contributed by atoms with van der Waals surface area (Å²) in [6.45, 7) is 2.62. The monoisotopic (exact) mass is 377 g/mol. The number of halogens is 4. The van der Waals surface area contributed by atoms with Gasteiger partial charge in [0.25, 0.3) is 0 Å². The number of aromatic nitrogens is 2. The minimum atomic E-state index is -0.709. The molecule has 21 heavy (non-hydrogen) atoms. The van der Waals surface area contributed by atoms with E-state index in [-0.39, 0.29) is 5.56 Å². The third-order valence-corrected chi connectivity index (χ3v) is 3.91. The number of hydrogen-bond acceptors (Lipinski definition) is 2. The van der Waals surface area contributed by atoms with Crippen LogP contribution >= 0.6 is 27.5 Å². The molecule has 0 fully saturated rings. The van der Waals surface area contributed by atoms with Crippen molar-refractivity contribution in [2.45, 2.75) is 25.9 Å². The molecule has 1 N–H and O–H groups in total. The van der Waals surface area contributed by atoms with Crippen molar-refractivity contribution >= 4 is 27.5 Å². The lowest BCUT2D eigenvalue weighted by Crippen LogP contribution is -2.24. The highest BCUT2D eigenvalue weighted by Crippen LogP contribution is 2.32. The van der Waals surface area contributed by atoms with Crippen LogP contribution in [0.3, 0.4) is 0 Å². The van der Waals surface area contributed by atoms with Crippen molar-refractivity contribution in [3.63, 3.8) is 0 Å². The molecule has 1 heterocycles. The lowest BCUT2D eigenvalue weighted by atomic mass is 10.0. The Balaban J connectivity index is 2.58. The normalized spacial score (nSPS) is 12.7. The van der Waals surface area contributed by atoms with Gasteiger partial charge in [-0.25, -0.2) is 8.78 Å². The van der Waals surface area contributed by atoms with E-state index in [1.807, 2.05) is 6.92 Å². The van der Waals surface area contributed by atoms with Gasteiger partial charge in [-0.2, -0.15) is 5.10 Å². The van der Waals surface area contributed by atoms with Crippen LogP contribution in [0.15, 0.2) is 22.8 Å². The predicted octanol–water partition coefficient (Wildman–Crippen LogP) is 4.30. The van der Waals surface area contributed by atoms with E-state index < -0.39 is 17.7 Å². The maximum Gasteiger partial charge on any atom is 0.132 e. The lowest BCUT2D eigenvalue weighted by molar-refractivity contribution is 0.488. The Kier molecular flexibility index (Phi) is 5.35. The molecule has 3 nitrogen and oxygen atoms in total. The van der Waals surface area contributed by atoms with Crippen LogP contribution in [0, 0.1) is 11.6 Å². The van der Waals surface area contributed by atoms with Crippen molar-refractivity contribution in [2.75, 3.05) is 7.05 Å². The van der Waals surface area contributed by atoms with Crippen LogP contribution in [0.5, 0.6) is 0 Å². The molecule has 0 saturated heterocycles. The Morgan fingerprint density at radius 2 is 2.00 bits per heavy atom. The van der Waals surface area contributed by atoms with Crippen molar-refractivity contribution in [3.05, 3.63) is 50.7 Å². The van der Waals surface area contributed by atoms with E-state index in [1.165, 1.54) is 18.3 Å². The molecule has 114 valence electrons. The van der Waals surface area contributed by atoms with E-state index in [9.17, 15) is 8.78 Å². The molecular weight excluding hydrogens is 364 g/mol. The van der Waals surface area contributed by atoms with Crippen LogP contribution < -0.4 is 5.32 Å². The van der Waals surface area contributed by atoms with Crippen LogP contribution in [-0.4, -0.2) is 16.8 Å². The first-order chi connectivity index (χ1) is 9.99. The maximum atomic E-state index is 14.2. The van der Waals surface area contributed by atoms with Gasteiger partial charge in [0, 0.05) is 16.6 Å². The van der Waals surface area contributed by atoms with Gasteiger partial charge in [0.2, 0.25) is 0 Å². The fraction of sp³-hybridized carbons (Fsp3) is 0.357. The molecule has 2 rings (SSSR count). The zero-order valence-corrected chi connectivity index (χ0v) is 14.0. The van der Waals surface area contributed by atoms with Gasteiger partial charge < -0.3 is 5.32 Å². The van der Waals surface area contributed by atoms with E-state index in [0.29, 0.717) is 21.7 Å². The second kappa shape index (κ2) is 6.85. The van der Waals surface area contributed by atoms with E-state index in [1.54, 1.807) is 11.7 Å². The summed E-state index contributed by atoms with van der Waals surface area (Å²) in [4.78, 5) is 0. The topological polar surface area (TPSA) is 29.9 Å². The summed E-state index contributed by atoms with van der Waals surface area (Å²) >= 11 is 9.24. The standard InChI is InChI=1S/C14H15BrClF2N3/c1-3-4-21-14(9(16)7-20-21)13(19-2)12-10(17)5-8(15)6-11(12)18/h5-7,13,19H,3-4H2,1-2H3. The van der Waals surface area contributed by atoms with Gasteiger partial charge in [-0.05, 0) is 25.6 Å². The third kappa shape index (κ3) is 3.27. The van der Waals surface area contributed by atoms with Crippen molar-refractivity contribution in [2.24, 2.45) is 0 Å². The number of aryl methyl sites for hydroxylation is 1. The summed E-state index contributed by atoms with van der Waals surface area (Å²) in [7, 11) is 1.63. The average Bonchev–Trinajstić information content (AvgIpc) is 2.75. The van der Waals surface area contributed by atoms with Crippen LogP contribution in [0.4, 0.5) is 8.78 Å². The molecule has 0 radical (unpaired) electrons. The van der Waals surface area contributed by atoms with Gasteiger partial charge in [-0.3, -0.25) is 4.68 Å². The van der Waals surface area contributed by atoms with Crippen molar-refractivity contribution in [3.8, 4) is 0 Å². The number of hydrogen-bond donors (Lipinski definition) is 1. The van der Waals surface area contributed by atoms with Gasteiger partial charge in [0.15, 0.2) is 0 Å². The van der Waals surface area contributed by atoms with E-state index in [2.05, 4.69) is 26.3 Å². The molecule has 0 aliphatic carbocycles. The summed E-state index contributed by atoms with van der Waals surface area (Å²) in [6, 6.07) is 1.76. The SMILES string of the molecule is CCCn1ncc(Cl)c1C(NC)c1c(F)cc(Br)cc1F. The molecule has 1 atom stereocenters. The van der Waals surface area contributed by atoms with Crippen molar-refractivity contribution < 1.29 is 8.78 Å². The quantitative estimate of drug-likeness (QED) is 0.841. The minimum absolute atomic E-state index is 0.0690. The third-order valence-electron chi connectivity index (χ3n) is 3.16. The highest BCUT2D eigenvalue weighted by atomic mass is 79.9. The summed E-state index contributed by atoms with van der Waals surface area (Å²) in [5, 5.41) is 7.47. The predicted molar refractivity (Wildman–Crippen MR) is 82.5 cm³/mol. The van der Waals surface area contributed by atoms with Gasteiger partial charge in [0.05, 0.1) is 23.0 Å². The molecule has 7 heteroatoms. The smallest absolute Gasteiger partial charge is 0.132 e. The number of nitrogens with zero attached hydrogens (tertiary/aromatic N) is 2. The maximum absolute atomic E-state index is 14.2. The average molecular weight is 379 g/mol. The lowest BCUT2D eigenvalue weighted by Gasteiger charge is -2.20. The van der Waals surface area contributed by atoms with Gasteiger partial charge in [-0.1, -0.05) is 34.5 Å².